The highest BCUT2D eigenvalue weighted by Gasteiger charge is 2.24. The lowest BCUT2D eigenvalue weighted by Gasteiger charge is -2.29. The van der Waals surface area contributed by atoms with Gasteiger partial charge >= 0.3 is 0 Å². The third kappa shape index (κ3) is 8.21. The summed E-state index contributed by atoms with van der Waals surface area (Å²) in [5.41, 5.74) is 2.22. The van der Waals surface area contributed by atoms with E-state index in [0.717, 1.165) is 29.7 Å². The second-order valence-electron chi connectivity index (χ2n) is 11.0. The van der Waals surface area contributed by atoms with E-state index < -0.39 is 0 Å². The van der Waals surface area contributed by atoms with Gasteiger partial charge in [-0.05, 0) is 79.4 Å². The van der Waals surface area contributed by atoms with Gasteiger partial charge in [0.2, 0.25) is 0 Å². The van der Waals surface area contributed by atoms with Crippen LogP contribution < -0.4 is 0 Å². The van der Waals surface area contributed by atoms with Crippen LogP contribution in [0.3, 0.4) is 0 Å². The molecule has 0 amide bonds. The monoisotopic (exact) mass is 428 g/mol. The van der Waals surface area contributed by atoms with E-state index in [9.17, 15) is 4.39 Å². The highest BCUT2D eigenvalue weighted by atomic mass is 19.1. The van der Waals surface area contributed by atoms with Gasteiger partial charge in [0, 0.05) is 0 Å². The van der Waals surface area contributed by atoms with E-state index in [1.165, 1.54) is 115 Å². The predicted octanol–water partition coefficient (Wildman–Crippen LogP) is 10.00. The minimum Gasteiger partial charge on any atom is -0.207 e. The number of benzene rings is 1. The van der Waals surface area contributed by atoms with Gasteiger partial charge in [-0.15, -0.1) is 0 Å². The van der Waals surface area contributed by atoms with Crippen LogP contribution in [0.25, 0.3) is 0 Å². The molecule has 0 bridgehead atoms. The topological polar surface area (TPSA) is 0 Å². The van der Waals surface area contributed by atoms with Crippen molar-refractivity contribution in [2.45, 2.75) is 135 Å². The van der Waals surface area contributed by atoms with Crippen LogP contribution in [-0.2, 0) is 6.42 Å². The summed E-state index contributed by atoms with van der Waals surface area (Å²) in [6.45, 7) is 4.58. The van der Waals surface area contributed by atoms with Crippen molar-refractivity contribution in [2.24, 2.45) is 17.8 Å². The molecule has 2 aliphatic carbocycles. The molecule has 2 aliphatic rings. The molecule has 0 spiro atoms. The van der Waals surface area contributed by atoms with Crippen molar-refractivity contribution in [1.29, 1.82) is 0 Å². The summed E-state index contributed by atoms with van der Waals surface area (Å²) in [5, 5.41) is 0. The third-order valence-corrected chi connectivity index (χ3v) is 8.62. The number of rotatable bonds is 12. The van der Waals surface area contributed by atoms with E-state index in [1.807, 2.05) is 6.07 Å². The summed E-state index contributed by atoms with van der Waals surface area (Å²) < 4.78 is 14.9. The maximum Gasteiger partial charge on any atom is 0.126 e. The summed E-state index contributed by atoms with van der Waals surface area (Å²) in [4.78, 5) is 0. The van der Waals surface area contributed by atoms with Gasteiger partial charge in [-0.1, -0.05) is 103 Å². The summed E-state index contributed by atoms with van der Waals surface area (Å²) in [5.74, 6) is 3.38. The molecule has 1 heteroatoms. The summed E-state index contributed by atoms with van der Waals surface area (Å²) in [6, 6.07) is 6.27. The lowest BCUT2D eigenvalue weighted by molar-refractivity contribution is 0.248. The van der Waals surface area contributed by atoms with Crippen molar-refractivity contribution in [2.75, 3.05) is 0 Å². The van der Waals surface area contributed by atoms with Crippen molar-refractivity contribution in [3.63, 3.8) is 0 Å². The van der Waals surface area contributed by atoms with Gasteiger partial charge in [-0.25, -0.2) is 4.39 Å². The van der Waals surface area contributed by atoms with E-state index in [2.05, 4.69) is 26.0 Å². The lowest BCUT2D eigenvalue weighted by atomic mass is 9.76. The second kappa shape index (κ2) is 13.6. The molecule has 31 heavy (non-hydrogen) atoms. The first kappa shape index (κ1) is 24.8. The zero-order chi connectivity index (χ0) is 21.9. The van der Waals surface area contributed by atoms with Crippen molar-refractivity contribution >= 4 is 0 Å². The smallest absolute Gasteiger partial charge is 0.126 e. The fourth-order valence-electron chi connectivity index (χ4n) is 6.34. The Labute approximate surface area is 192 Å². The zero-order valence-electron chi connectivity index (χ0n) is 20.6. The molecule has 1 aromatic carbocycles. The summed E-state index contributed by atoms with van der Waals surface area (Å²) in [6.07, 6.45) is 24.0. The highest BCUT2D eigenvalue weighted by Crippen LogP contribution is 2.39. The largest absolute Gasteiger partial charge is 0.207 e. The van der Waals surface area contributed by atoms with Crippen LogP contribution in [0.2, 0.25) is 0 Å². The van der Waals surface area contributed by atoms with Crippen LogP contribution in [0.15, 0.2) is 18.2 Å². The fraction of sp³-hybridized carbons (Fsp3) is 0.800. The van der Waals surface area contributed by atoms with E-state index in [0.29, 0.717) is 5.92 Å². The normalized spacial score (nSPS) is 26.8. The van der Waals surface area contributed by atoms with Crippen LogP contribution in [0.5, 0.6) is 0 Å². The minimum atomic E-state index is 0.0656. The molecule has 0 aliphatic heterocycles. The van der Waals surface area contributed by atoms with Crippen LogP contribution in [0.4, 0.5) is 4.39 Å². The molecule has 2 fully saturated rings. The number of aryl methyl sites for hydroxylation is 1. The van der Waals surface area contributed by atoms with Crippen molar-refractivity contribution < 1.29 is 4.39 Å². The first-order chi connectivity index (χ1) is 15.2. The molecular formula is C30H49F. The standard InChI is InChI=1S/C30H49F/c1-3-5-7-9-24-11-13-26(14-12-24)17-20-28-21-22-29(23-30(28)31)27-18-15-25(16-19-27)10-8-6-4-2/h21-27H,3-20H2,1-2H3. The number of hydrogen-bond acceptors (Lipinski definition) is 0. The Morgan fingerprint density at radius 2 is 1.19 bits per heavy atom. The Hall–Kier alpha value is -0.850. The molecule has 0 aromatic heterocycles. The van der Waals surface area contributed by atoms with Gasteiger partial charge in [-0.2, -0.15) is 0 Å². The zero-order valence-corrected chi connectivity index (χ0v) is 20.6. The summed E-state index contributed by atoms with van der Waals surface area (Å²) in [7, 11) is 0. The lowest BCUT2D eigenvalue weighted by Crippen LogP contribution is -2.15. The minimum absolute atomic E-state index is 0.0656. The molecule has 0 nitrogen and oxygen atoms in total. The SMILES string of the molecule is CCCCCC1CCC(CCc2ccc(C3CCC(CCCCC)CC3)cc2F)CC1. The molecular weight excluding hydrogens is 379 g/mol. The molecule has 0 N–H and O–H groups in total. The molecule has 0 saturated heterocycles. The third-order valence-electron chi connectivity index (χ3n) is 8.62. The van der Waals surface area contributed by atoms with Gasteiger partial charge in [0.25, 0.3) is 0 Å². The van der Waals surface area contributed by atoms with Crippen molar-refractivity contribution in [3.05, 3.63) is 35.1 Å². The molecule has 2 saturated carbocycles. The maximum atomic E-state index is 14.9. The first-order valence-electron chi connectivity index (χ1n) is 14.0. The van der Waals surface area contributed by atoms with Crippen LogP contribution >= 0.6 is 0 Å². The molecule has 3 rings (SSSR count). The average Bonchev–Trinajstić information content (AvgIpc) is 2.80. The van der Waals surface area contributed by atoms with E-state index in [-0.39, 0.29) is 5.82 Å². The molecule has 176 valence electrons. The Morgan fingerprint density at radius 1 is 0.677 bits per heavy atom. The highest BCUT2D eigenvalue weighted by molar-refractivity contribution is 5.27. The van der Waals surface area contributed by atoms with Crippen molar-refractivity contribution in [1.82, 2.24) is 0 Å². The quantitative estimate of drug-likeness (QED) is 0.290. The Bertz CT molecular complexity index is 605. The van der Waals surface area contributed by atoms with Gasteiger partial charge in [0.05, 0.1) is 0 Å². The molecule has 0 atom stereocenters. The molecule has 0 unspecified atom stereocenters. The van der Waals surface area contributed by atoms with Crippen LogP contribution in [0, 0.1) is 23.6 Å². The Balaban J connectivity index is 1.38. The number of hydrogen-bond donors (Lipinski definition) is 0. The maximum absolute atomic E-state index is 14.9. The Morgan fingerprint density at radius 3 is 1.71 bits per heavy atom. The predicted molar refractivity (Wildman–Crippen MR) is 133 cm³/mol. The van der Waals surface area contributed by atoms with E-state index in [4.69, 9.17) is 0 Å². The fourth-order valence-corrected chi connectivity index (χ4v) is 6.34. The van der Waals surface area contributed by atoms with Crippen molar-refractivity contribution in [3.8, 4) is 0 Å². The first-order valence-corrected chi connectivity index (χ1v) is 14.0. The van der Waals surface area contributed by atoms with Gasteiger partial charge in [0.15, 0.2) is 0 Å². The average molecular weight is 429 g/mol. The second-order valence-corrected chi connectivity index (χ2v) is 11.0. The molecule has 1 aromatic rings. The van der Waals surface area contributed by atoms with Crippen LogP contribution in [0.1, 0.15) is 140 Å². The van der Waals surface area contributed by atoms with E-state index >= 15 is 0 Å². The molecule has 0 radical (unpaired) electrons. The number of unbranched alkanes of at least 4 members (excludes halogenated alkanes) is 4. The van der Waals surface area contributed by atoms with Gasteiger partial charge in [0.1, 0.15) is 5.82 Å². The summed E-state index contributed by atoms with van der Waals surface area (Å²) >= 11 is 0. The van der Waals surface area contributed by atoms with E-state index in [1.54, 1.807) is 0 Å². The van der Waals surface area contributed by atoms with Gasteiger partial charge < -0.3 is 0 Å². The van der Waals surface area contributed by atoms with Crippen LogP contribution in [-0.4, -0.2) is 0 Å². The van der Waals surface area contributed by atoms with Gasteiger partial charge in [-0.3, -0.25) is 0 Å². The molecule has 0 heterocycles. The number of halogens is 1. The Kier molecular flexibility index (Phi) is 10.9.